The van der Waals surface area contributed by atoms with Crippen molar-refractivity contribution in [2.24, 2.45) is 5.92 Å². The Balaban J connectivity index is 1.57. The first-order valence-corrected chi connectivity index (χ1v) is 9.46. The maximum atomic E-state index is 4.98. The number of fused-ring (bicyclic) bond motifs is 1. The number of para-hydroxylation sites is 1. The number of rotatable bonds is 4. The van der Waals surface area contributed by atoms with Gasteiger partial charge in [0.05, 0.1) is 5.52 Å². The fraction of sp³-hybridized carbons (Fsp3) is 0.364. The van der Waals surface area contributed by atoms with Crippen LogP contribution < -0.4 is 5.32 Å². The average molecular weight is 346 g/mol. The zero-order valence-corrected chi connectivity index (χ0v) is 15.5. The molecule has 1 atom stereocenters. The predicted octanol–water partition coefficient (Wildman–Crippen LogP) is 4.82. The molecule has 1 aliphatic heterocycles. The number of hydrogen-bond donors (Lipinski definition) is 1. The molecule has 2 aromatic heterocycles. The van der Waals surface area contributed by atoms with Gasteiger partial charge in [-0.3, -0.25) is 4.98 Å². The van der Waals surface area contributed by atoms with E-state index in [-0.39, 0.29) is 0 Å². The van der Waals surface area contributed by atoms with Gasteiger partial charge in [0.15, 0.2) is 0 Å². The Bertz CT molecular complexity index is 870. The van der Waals surface area contributed by atoms with Gasteiger partial charge in [-0.2, -0.15) is 0 Å². The number of aromatic nitrogens is 2. The molecule has 0 radical (unpaired) electrons. The van der Waals surface area contributed by atoms with E-state index in [2.05, 4.69) is 41.3 Å². The molecule has 0 bridgehead atoms. The summed E-state index contributed by atoms with van der Waals surface area (Å²) in [6.07, 6.45) is 4.42. The Hall–Kier alpha value is -2.46. The minimum absolute atomic E-state index is 0.492. The lowest BCUT2D eigenvalue weighted by Gasteiger charge is -2.32. The Labute approximate surface area is 155 Å². The number of nitrogens with one attached hydrogen (secondary N) is 1. The minimum Gasteiger partial charge on any atom is -0.340 e. The van der Waals surface area contributed by atoms with Gasteiger partial charge in [-0.05, 0) is 63.2 Å². The van der Waals surface area contributed by atoms with Crippen LogP contribution in [0.3, 0.4) is 0 Å². The summed E-state index contributed by atoms with van der Waals surface area (Å²) in [4.78, 5) is 11.9. The van der Waals surface area contributed by atoms with Crippen molar-refractivity contribution >= 4 is 22.4 Å². The Kier molecular flexibility index (Phi) is 4.85. The zero-order valence-electron chi connectivity index (χ0n) is 15.5. The molecule has 1 aromatic carbocycles. The predicted molar refractivity (Wildman–Crippen MR) is 108 cm³/mol. The lowest BCUT2D eigenvalue weighted by molar-refractivity contribution is 0.201. The van der Waals surface area contributed by atoms with Crippen LogP contribution in [-0.2, 0) is 0 Å². The summed E-state index contributed by atoms with van der Waals surface area (Å²) in [5.41, 5.74) is 3.25. The highest BCUT2D eigenvalue weighted by atomic mass is 15.1. The summed E-state index contributed by atoms with van der Waals surface area (Å²) in [6.45, 7) is 4.71. The standard InChI is InChI=1S/C22H26N4/c1-16(17-10-12-26(2)13-11-17)20-9-8-18-15-23-22(14-21(18)25-20)24-19-6-4-3-5-7-19/h3-9,14-17H,10-13H2,1-2H3,(H,23,24). The van der Waals surface area contributed by atoms with Crippen molar-refractivity contribution < 1.29 is 0 Å². The van der Waals surface area contributed by atoms with Crippen LogP contribution in [0.25, 0.3) is 10.9 Å². The van der Waals surface area contributed by atoms with Gasteiger partial charge in [-0.25, -0.2) is 4.98 Å². The van der Waals surface area contributed by atoms with Crippen LogP contribution in [-0.4, -0.2) is 35.0 Å². The molecule has 26 heavy (non-hydrogen) atoms. The van der Waals surface area contributed by atoms with Gasteiger partial charge >= 0.3 is 0 Å². The summed E-state index contributed by atoms with van der Waals surface area (Å²) < 4.78 is 0. The lowest BCUT2D eigenvalue weighted by atomic mass is 9.83. The fourth-order valence-corrected chi connectivity index (χ4v) is 3.79. The molecular formula is C22H26N4. The Morgan fingerprint density at radius 3 is 2.62 bits per heavy atom. The van der Waals surface area contributed by atoms with Gasteiger partial charge in [-0.15, -0.1) is 0 Å². The first-order chi connectivity index (χ1) is 12.7. The average Bonchev–Trinajstić information content (AvgIpc) is 2.68. The Morgan fingerprint density at radius 1 is 1.08 bits per heavy atom. The molecule has 1 saturated heterocycles. The maximum Gasteiger partial charge on any atom is 0.132 e. The van der Waals surface area contributed by atoms with E-state index in [1.807, 2.05) is 42.6 Å². The minimum atomic E-state index is 0.492. The third-order valence-corrected chi connectivity index (χ3v) is 5.58. The number of likely N-dealkylation sites (tertiary alicyclic amines) is 1. The molecule has 4 nitrogen and oxygen atoms in total. The fourth-order valence-electron chi connectivity index (χ4n) is 3.79. The first-order valence-electron chi connectivity index (χ1n) is 9.46. The molecule has 3 aromatic rings. The molecule has 1 aliphatic rings. The highest BCUT2D eigenvalue weighted by Gasteiger charge is 2.24. The SMILES string of the molecule is CC(c1ccc2cnc(Nc3ccccc3)cc2n1)C1CCN(C)CC1. The van der Waals surface area contributed by atoms with E-state index in [9.17, 15) is 0 Å². The summed E-state index contributed by atoms with van der Waals surface area (Å²) >= 11 is 0. The number of pyridine rings is 2. The van der Waals surface area contributed by atoms with Gasteiger partial charge < -0.3 is 10.2 Å². The topological polar surface area (TPSA) is 41.1 Å². The van der Waals surface area contributed by atoms with E-state index in [1.54, 1.807) is 0 Å². The normalized spacial score (nSPS) is 17.3. The monoisotopic (exact) mass is 346 g/mol. The third kappa shape index (κ3) is 3.70. The molecule has 4 heteroatoms. The van der Waals surface area contributed by atoms with Crippen LogP contribution in [0.4, 0.5) is 11.5 Å². The van der Waals surface area contributed by atoms with E-state index in [4.69, 9.17) is 4.98 Å². The second-order valence-electron chi connectivity index (χ2n) is 7.42. The molecule has 0 aliphatic carbocycles. The number of nitrogens with zero attached hydrogens (tertiary/aromatic N) is 3. The van der Waals surface area contributed by atoms with Crippen LogP contribution in [0, 0.1) is 5.92 Å². The van der Waals surface area contributed by atoms with Crippen molar-refractivity contribution in [1.82, 2.24) is 14.9 Å². The highest BCUT2D eigenvalue weighted by Crippen LogP contribution is 2.32. The molecule has 1 fully saturated rings. The lowest BCUT2D eigenvalue weighted by Crippen LogP contribution is -2.32. The van der Waals surface area contributed by atoms with E-state index < -0.39 is 0 Å². The van der Waals surface area contributed by atoms with E-state index in [1.165, 1.54) is 31.6 Å². The Morgan fingerprint density at radius 2 is 1.85 bits per heavy atom. The summed E-state index contributed by atoms with van der Waals surface area (Å²) in [5.74, 6) is 2.05. The van der Waals surface area contributed by atoms with E-state index in [0.717, 1.165) is 28.3 Å². The van der Waals surface area contributed by atoms with Crippen molar-refractivity contribution in [2.75, 3.05) is 25.5 Å². The van der Waals surface area contributed by atoms with Crippen molar-refractivity contribution in [2.45, 2.75) is 25.7 Å². The molecule has 1 unspecified atom stereocenters. The second-order valence-corrected chi connectivity index (χ2v) is 7.42. The summed E-state index contributed by atoms with van der Waals surface area (Å²) in [5, 5.41) is 4.44. The van der Waals surface area contributed by atoms with Crippen LogP contribution in [0.1, 0.15) is 31.4 Å². The number of anilines is 2. The van der Waals surface area contributed by atoms with E-state index >= 15 is 0 Å². The molecule has 0 amide bonds. The highest BCUT2D eigenvalue weighted by molar-refractivity contribution is 5.81. The summed E-state index contributed by atoms with van der Waals surface area (Å²) in [7, 11) is 2.21. The quantitative estimate of drug-likeness (QED) is 0.735. The van der Waals surface area contributed by atoms with Gasteiger partial charge in [0.2, 0.25) is 0 Å². The number of benzene rings is 1. The zero-order chi connectivity index (χ0) is 17.9. The van der Waals surface area contributed by atoms with E-state index in [0.29, 0.717) is 5.92 Å². The van der Waals surface area contributed by atoms with Gasteiger partial charge in [-0.1, -0.05) is 25.1 Å². The van der Waals surface area contributed by atoms with Gasteiger partial charge in [0.1, 0.15) is 5.82 Å². The van der Waals surface area contributed by atoms with Crippen molar-refractivity contribution in [3.05, 3.63) is 60.4 Å². The molecule has 134 valence electrons. The molecule has 0 spiro atoms. The molecule has 0 saturated carbocycles. The first kappa shape index (κ1) is 17.0. The summed E-state index contributed by atoms with van der Waals surface area (Å²) in [6, 6.07) is 16.5. The van der Waals surface area contributed by atoms with Crippen LogP contribution in [0.15, 0.2) is 54.7 Å². The number of piperidine rings is 1. The smallest absolute Gasteiger partial charge is 0.132 e. The third-order valence-electron chi connectivity index (χ3n) is 5.58. The van der Waals surface area contributed by atoms with Crippen molar-refractivity contribution in [3.63, 3.8) is 0 Å². The number of hydrogen-bond acceptors (Lipinski definition) is 4. The largest absolute Gasteiger partial charge is 0.340 e. The maximum absolute atomic E-state index is 4.98. The molecular weight excluding hydrogens is 320 g/mol. The van der Waals surface area contributed by atoms with Crippen molar-refractivity contribution in [3.8, 4) is 0 Å². The van der Waals surface area contributed by atoms with Crippen LogP contribution >= 0.6 is 0 Å². The molecule has 3 heterocycles. The second kappa shape index (κ2) is 7.42. The van der Waals surface area contributed by atoms with Crippen molar-refractivity contribution in [1.29, 1.82) is 0 Å². The van der Waals surface area contributed by atoms with Gasteiger partial charge in [0.25, 0.3) is 0 Å². The molecule has 1 N–H and O–H groups in total. The van der Waals surface area contributed by atoms with Gasteiger partial charge in [0, 0.05) is 34.9 Å². The molecule has 4 rings (SSSR count). The van der Waals surface area contributed by atoms with Crippen LogP contribution in [0.2, 0.25) is 0 Å². The van der Waals surface area contributed by atoms with Crippen LogP contribution in [0.5, 0.6) is 0 Å².